The van der Waals surface area contributed by atoms with Gasteiger partial charge in [-0.15, -0.1) is 11.8 Å². The van der Waals surface area contributed by atoms with Crippen molar-refractivity contribution in [3.63, 3.8) is 0 Å². The molecule has 1 aromatic heterocycles. The highest BCUT2D eigenvalue weighted by atomic mass is 79.9. The van der Waals surface area contributed by atoms with Crippen LogP contribution in [0.5, 0.6) is 0 Å². The van der Waals surface area contributed by atoms with Gasteiger partial charge in [-0.3, -0.25) is 0 Å². The monoisotopic (exact) mass is 491 g/mol. The molecule has 26 heavy (non-hydrogen) atoms. The molecule has 0 radical (unpaired) electrons. The van der Waals surface area contributed by atoms with Gasteiger partial charge in [-0.05, 0) is 36.8 Å². The minimum Gasteiger partial charge on any atom is -0.390 e. The number of benzene rings is 2. The van der Waals surface area contributed by atoms with Crippen molar-refractivity contribution in [3.05, 3.63) is 63.6 Å². The lowest BCUT2D eigenvalue weighted by Crippen LogP contribution is -2.35. The van der Waals surface area contributed by atoms with E-state index in [2.05, 4.69) is 78.9 Å². The van der Waals surface area contributed by atoms with Crippen LogP contribution in [0.15, 0.2) is 57.9 Å². The van der Waals surface area contributed by atoms with Gasteiger partial charge < -0.3 is 9.67 Å². The lowest BCUT2D eigenvalue weighted by atomic mass is 10.1. The fourth-order valence-electron chi connectivity index (χ4n) is 3.41. The summed E-state index contributed by atoms with van der Waals surface area (Å²) in [7, 11) is 0. The van der Waals surface area contributed by atoms with E-state index in [4.69, 9.17) is 0 Å². The van der Waals surface area contributed by atoms with Gasteiger partial charge in [-0.1, -0.05) is 62.2 Å². The smallest absolute Gasteiger partial charge is 0.0813 e. The van der Waals surface area contributed by atoms with Crippen molar-refractivity contribution in [1.29, 1.82) is 0 Å². The van der Waals surface area contributed by atoms with Crippen molar-refractivity contribution >= 4 is 66.7 Å². The molecule has 0 saturated heterocycles. The number of hydrogen-bond donors (Lipinski definition) is 1. The maximum absolute atomic E-state index is 10.7. The van der Waals surface area contributed by atoms with E-state index < -0.39 is 6.10 Å². The van der Waals surface area contributed by atoms with E-state index in [1.165, 1.54) is 26.4 Å². The maximum Gasteiger partial charge on any atom is 0.0813 e. The van der Waals surface area contributed by atoms with Gasteiger partial charge >= 0.3 is 0 Å². The Morgan fingerprint density at radius 2 is 2.00 bits per heavy atom. The van der Waals surface area contributed by atoms with Crippen LogP contribution in [0, 0.1) is 0 Å². The first-order valence-electron chi connectivity index (χ1n) is 8.61. The van der Waals surface area contributed by atoms with E-state index in [1.54, 1.807) is 11.8 Å². The van der Waals surface area contributed by atoms with E-state index in [0.29, 0.717) is 17.1 Å². The first-order chi connectivity index (χ1) is 12.6. The molecule has 0 saturated carbocycles. The quantitative estimate of drug-likeness (QED) is 0.424. The van der Waals surface area contributed by atoms with E-state index in [9.17, 15) is 5.11 Å². The van der Waals surface area contributed by atoms with Crippen LogP contribution in [-0.2, 0) is 6.54 Å². The Morgan fingerprint density at radius 1 is 1.19 bits per heavy atom. The minimum absolute atomic E-state index is 0.367. The van der Waals surface area contributed by atoms with Gasteiger partial charge in [0, 0.05) is 48.0 Å². The fraction of sp³-hybridized carbons (Fsp3) is 0.238. The van der Waals surface area contributed by atoms with Crippen LogP contribution in [0.2, 0.25) is 0 Å². The predicted molar refractivity (Wildman–Crippen MR) is 118 cm³/mol. The van der Waals surface area contributed by atoms with Crippen molar-refractivity contribution in [2.24, 2.45) is 0 Å². The maximum atomic E-state index is 10.7. The second kappa shape index (κ2) is 7.93. The third-order valence-electron chi connectivity index (χ3n) is 4.57. The molecule has 2 atom stereocenters. The molecule has 2 nitrogen and oxygen atoms in total. The van der Waals surface area contributed by atoms with E-state index in [0.717, 1.165) is 10.9 Å². The SMILES string of the molecule is OC(CSc1ccccc1)Cn1c2c(c3cc(Br)ccc31)=CC(Br)CC=2. The first-order valence-corrected chi connectivity index (χ1v) is 11.3. The molecular weight excluding hydrogens is 474 g/mol. The number of rotatable bonds is 5. The van der Waals surface area contributed by atoms with Crippen LogP contribution in [0.1, 0.15) is 6.42 Å². The lowest BCUT2D eigenvalue weighted by Gasteiger charge is -2.14. The molecule has 0 bridgehead atoms. The average molecular weight is 493 g/mol. The van der Waals surface area contributed by atoms with Crippen LogP contribution in [-0.4, -0.2) is 26.4 Å². The number of alkyl halides is 1. The molecule has 2 unspecified atom stereocenters. The highest BCUT2D eigenvalue weighted by Gasteiger charge is 2.15. The summed E-state index contributed by atoms with van der Waals surface area (Å²) >= 11 is 9.00. The first kappa shape index (κ1) is 18.4. The number of aromatic nitrogens is 1. The second-order valence-corrected chi connectivity index (χ2v) is 9.66. The van der Waals surface area contributed by atoms with Crippen LogP contribution in [0.4, 0.5) is 0 Å². The van der Waals surface area contributed by atoms with Gasteiger partial charge in [0.05, 0.1) is 6.10 Å². The fourth-order valence-corrected chi connectivity index (χ4v) is 5.06. The van der Waals surface area contributed by atoms with Crippen molar-refractivity contribution in [1.82, 2.24) is 4.57 Å². The molecule has 0 fully saturated rings. The molecule has 0 spiro atoms. The Balaban J connectivity index is 1.66. The summed E-state index contributed by atoms with van der Waals surface area (Å²) in [5.41, 5.74) is 1.18. The van der Waals surface area contributed by atoms with E-state index >= 15 is 0 Å². The van der Waals surface area contributed by atoms with Crippen LogP contribution in [0.3, 0.4) is 0 Å². The van der Waals surface area contributed by atoms with Gasteiger partial charge in [0.25, 0.3) is 0 Å². The number of thioether (sulfide) groups is 1. The number of fused-ring (bicyclic) bond motifs is 3. The van der Waals surface area contributed by atoms with Crippen LogP contribution in [0.25, 0.3) is 23.1 Å². The summed E-state index contributed by atoms with van der Waals surface area (Å²) in [6, 6.07) is 16.6. The Kier molecular flexibility index (Phi) is 5.60. The number of aliphatic hydroxyl groups excluding tert-OH is 1. The summed E-state index contributed by atoms with van der Waals surface area (Å²) in [5.74, 6) is 0.680. The zero-order valence-corrected chi connectivity index (χ0v) is 18.1. The highest BCUT2D eigenvalue weighted by Crippen LogP contribution is 2.21. The highest BCUT2D eigenvalue weighted by molar-refractivity contribution is 9.10. The molecule has 2 aromatic carbocycles. The number of hydrogen-bond acceptors (Lipinski definition) is 2. The van der Waals surface area contributed by atoms with Crippen molar-refractivity contribution in [3.8, 4) is 0 Å². The average Bonchev–Trinajstić information content (AvgIpc) is 2.93. The molecule has 4 rings (SSSR count). The normalized spacial score (nSPS) is 17.4. The minimum atomic E-state index is -0.404. The Bertz CT molecular complexity index is 1050. The molecule has 1 N–H and O–H groups in total. The molecule has 1 aliphatic carbocycles. The third kappa shape index (κ3) is 3.81. The van der Waals surface area contributed by atoms with Gasteiger partial charge in [-0.2, -0.15) is 0 Å². The molecular formula is C21H19Br2NOS. The number of aliphatic hydroxyl groups is 1. The molecule has 0 amide bonds. The topological polar surface area (TPSA) is 25.2 Å². The molecule has 3 aromatic rings. The zero-order chi connectivity index (χ0) is 18.1. The van der Waals surface area contributed by atoms with E-state index in [1.807, 2.05) is 18.2 Å². The Hall–Kier alpha value is -1.01. The Labute approximate surface area is 173 Å². The molecule has 1 heterocycles. The standard InChI is InChI=1S/C21H19Br2NOS/c22-14-6-8-20-18(10-14)19-11-15(23)7-9-21(19)24(20)12-16(25)13-26-17-4-2-1-3-5-17/h1-6,8-11,15-16,25H,7,12-13H2. The van der Waals surface area contributed by atoms with Crippen LogP contribution >= 0.6 is 43.6 Å². The molecule has 5 heteroatoms. The molecule has 134 valence electrons. The van der Waals surface area contributed by atoms with Crippen molar-refractivity contribution in [2.45, 2.75) is 28.8 Å². The molecule has 0 aliphatic heterocycles. The van der Waals surface area contributed by atoms with Crippen LogP contribution < -0.4 is 10.6 Å². The van der Waals surface area contributed by atoms with Gasteiger partial charge in [0.1, 0.15) is 0 Å². The summed E-state index contributed by atoms with van der Waals surface area (Å²) in [4.78, 5) is 1.56. The van der Waals surface area contributed by atoms with Crippen molar-refractivity contribution in [2.75, 3.05) is 5.75 Å². The van der Waals surface area contributed by atoms with Gasteiger partial charge in [0.15, 0.2) is 0 Å². The summed E-state index contributed by atoms with van der Waals surface area (Å²) in [5, 5.41) is 14.4. The van der Waals surface area contributed by atoms with Crippen molar-refractivity contribution < 1.29 is 5.11 Å². The number of halogens is 2. The largest absolute Gasteiger partial charge is 0.390 e. The lowest BCUT2D eigenvalue weighted by molar-refractivity contribution is 0.178. The molecule has 1 aliphatic rings. The summed E-state index contributed by atoms with van der Waals surface area (Å²) in [6.07, 6.45) is 5.13. The zero-order valence-electron chi connectivity index (χ0n) is 14.1. The summed E-state index contributed by atoms with van der Waals surface area (Å²) < 4.78 is 3.35. The van der Waals surface area contributed by atoms with Gasteiger partial charge in [0.2, 0.25) is 0 Å². The van der Waals surface area contributed by atoms with E-state index in [-0.39, 0.29) is 0 Å². The van der Waals surface area contributed by atoms with Gasteiger partial charge in [-0.25, -0.2) is 0 Å². The number of nitrogens with zero attached hydrogens (tertiary/aromatic N) is 1. The predicted octanol–water partition coefficient (Wildman–Crippen LogP) is 4.29. The third-order valence-corrected chi connectivity index (χ3v) is 6.86. The Morgan fingerprint density at radius 3 is 2.81 bits per heavy atom. The summed E-state index contributed by atoms with van der Waals surface area (Å²) in [6.45, 7) is 0.602. The second-order valence-electron chi connectivity index (χ2n) is 6.47.